The third kappa shape index (κ3) is 2.84. The maximum Gasteiger partial charge on any atom is 0.280 e. The van der Waals surface area contributed by atoms with Crippen molar-refractivity contribution in [2.24, 2.45) is 4.99 Å². The van der Waals surface area contributed by atoms with Crippen LogP contribution in [0.2, 0.25) is 5.02 Å². The minimum Gasteiger partial charge on any atom is -0.295 e. The highest BCUT2D eigenvalue weighted by Crippen LogP contribution is 2.14. The number of hydrogen-bond donors (Lipinski definition) is 1. The van der Waals surface area contributed by atoms with Gasteiger partial charge in [0.05, 0.1) is 11.3 Å². The van der Waals surface area contributed by atoms with Gasteiger partial charge in [0, 0.05) is 23.1 Å². The highest BCUT2D eigenvalue weighted by Gasteiger charge is 2.10. The fourth-order valence-electron chi connectivity index (χ4n) is 2.07. The number of H-pyrrole nitrogens is 1. The molecule has 0 aliphatic rings. The highest BCUT2D eigenvalue weighted by molar-refractivity contribution is 6.30. The molecular weight excluding hydrogens is 300 g/mol. The molecule has 0 aliphatic heterocycles. The van der Waals surface area contributed by atoms with E-state index < -0.39 is 0 Å². The number of benzene rings is 1. The molecule has 3 aromatic rings. The van der Waals surface area contributed by atoms with Crippen LogP contribution in [0.5, 0.6) is 0 Å². The molecule has 3 rings (SSSR count). The Balaban J connectivity index is 2.01. The Bertz CT molecular complexity index is 881. The van der Waals surface area contributed by atoms with Gasteiger partial charge in [-0.2, -0.15) is 0 Å². The van der Waals surface area contributed by atoms with Gasteiger partial charge in [0.2, 0.25) is 0 Å². The van der Waals surface area contributed by atoms with E-state index in [0.717, 1.165) is 5.69 Å². The number of nitrogens with one attached hydrogen (secondary N) is 1. The highest BCUT2D eigenvalue weighted by atomic mass is 35.5. The van der Waals surface area contributed by atoms with Crippen LogP contribution in [0.1, 0.15) is 11.3 Å². The Hall–Kier alpha value is -2.66. The van der Waals surface area contributed by atoms with Crippen molar-refractivity contribution in [3.05, 3.63) is 75.3 Å². The largest absolute Gasteiger partial charge is 0.295 e. The van der Waals surface area contributed by atoms with Crippen molar-refractivity contribution >= 4 is 23.6 Å². The maximum absolute atomic E-state index is 12.5. The van der Waals surface area contributed by atoms with Crippen LogP contribution in [0, 0.1) is 6.92 Å². The Morgan fingerprint density at radius 2 is 2.14 bits per heavy atom. The van der Waals surface area contributed by atoms with E-state index in [-0.39, 0.29) is 5.56 Å². The van der Waals surface area contributed by atoms with Gasteiger partial charge in [0.1, 0.15) is 0 Å². The second kappa shape index (κ2) is 5.99. The van der Waals surface area contributed by atoms with Gasteiger partial charge >= 0.3 is 0 Å². The van der Waals surface area contributed by atoms with E-state index in [2.05, 4.69) is 15.1 Å². The van der Waals surface area contributed by atoms with Gasteiger partial charge in [-0.1, -0.05) is 23.7 Å². The van der Waals surface area contributed by atoms with Crippen LogP contribution in [0.3, 0.4) is 0 Å². The minimum atomic E-state index is -0.181. The summed E-state index contributed by atoms with van der Waals surface area (Å²) in [4.78, 5) is 20.8. The maximum atomic E-state index is 12.5. The van der Waals surface area contributed by atoms with Crippen molar-refractivity contribution < 1.29 is 0 Å². The Morgan fingerprint density at radius 3 is 2.86 bits per heavy atom. The van der Waals surface area contributed by atoms with Crippen LogP contribution in [-0.4, -0.2) is 21.0 Å². The fourth-order valence-corrected chi connectivity index (χ4v) is 2.25. The van der Waals surface area contributed by atoms with E-state index in [1.165, 1.54) is 10.9 Å². The molecule has 1 N–H and O–H groups in total. The number of pyridine rings is 1. The molecule has 2 heterocycles. The van der Waals surface area contributed by atoms with Crippen LogP contribution in [-0.2, 0) is 0 Å². The molecule has 0 radical (unpaired) electrons. The van der Waals surface area contributed by atoms with Crippen molar-refractivity contribution in [3.63, 3.8) is 0 Å². The molecule has 5 nitrogen and oxygen atoms in total. The summed E-state index contributed by atoms with van der Waals surface area (Å²) >= 11 is 5.97. The second-order valence-electron chi connectivity index (χ2n) is 4.72. The van der Waals surface area contributed by atoms with Crippen molar-refractivity contribution in [3.8, 4) is 5.69 Å². The monoisotopic (exact) mass is 312 g/mol. The number of rotatable bonds is 3. The molecule has 1 aromatic carbocycles. The van der Waals surface area contributed by atoms with Crippen molar-refractivity contribution in [1.82, 2.24) is 14.8 Å². The van der Waals surface area contributed by atoms with Crippen molar-refractivity contribution in [2.75, 3.05) is 0 Å². The lowest BCUT2D eigenvalue weighted by Crippen LogP contribution is -2.17. The molecule has 22 heavy (non-hydrogen) atoms. The molecule has 6 heteroatoms. The van der Waals surface area contributed by atoms with Gasteiger partial charge < -0.3 is 0 Å². The molecular formula is C16H13ClN4O. The van der Waals surface area contributed by atoms with E-state index in [4.69, 9.17) is 11.6 Å². The third-order valence-corrected chi connectivity index (χ3v) is 3.39. The van der Waals surface area contributed by atoms with Crippen molar-refractivity contribution in [1.29, 1.82) is 0 Å². The lowest BCUT2D eigenvalue weighted by Gasteiger charge is -2.01. The van der Waals surface area contributed by atoms with Crippen LogP contribution in [0.4, 0.5) is 5.82 Å². The lowest BCUT2D eigenvalue weighted by atomic mass is 10.3. The minimum absolute atomic E-state index is 0.181. The number of nitrogens with zero attached hydrogens (tertiary/aromatic N) is 3. The topological polar surface area (TPSA) is 63.0 Å². The van der Waals surface area contributed by atoms with E-state index in [9.17, 15) is 4.79 Å². The number of hydrogen-bond acceptors (Lipinski definition) is 3. The number of halogens is 1. The van der Waals surface area contributed by atoms with Crippen LogP contribution in [0.25, 0.3) is 5.69 Å². The summed E-state index contributed by atoms with van der Waals surface area (Å²) in [6.45, 7) is 1.82. The van der Waals surface area contributed by atoms with Gasteiger partial charge in [0.25, 0.3) is 5.56 Å². The Labute approximate surface area is 131 Å². The molecule has 0 spiro atoms. The van der Waals surface area contributed by atoms with Gasteiger partial charge in [-0.25, -0.2) is 14.7 Å². The molecule has 0 bridgehead atoms. The fraction of sp³-hybridized carbons (Fsp3) is 0.0625. The predicted molar refractivity (Wildman–Crippen MR) is 87.6 cm³/mol. The first-order chi connectivity index (χ1) is 10.6. The molecule has 0 amide bonds. The van der Waals surface area contributed by atoms with Crippen molar-refractivity contribution in [2.45, 2.75) is 6.92 Å². The summed E-state index contributed by atoms with van der Waals surface area (Å²) < 4.78 is 1.45. The van der Waals surface area contributed by atoms with E-state index >= 15 is 0 Å². The first kappa shape index (κ1) is 14.3. The third-order valence-electron chi connectivity index (χ3n) is 3.16. The molecule has 110 valence electrons. The van der Waals surface area contributed by atoms with Crippen LogP contribution >= 0.6 is 11.6 Å². The summed E-state index contributed by atoms with van der Waals surface area (Å²) in [5, 5.41) is 3.60. The molecule has 0 saturated carbocycles. The predicted octanol–water partition coefficient (Wildman–Crippen LogP) is 3.27. The second-order valence-corrected chi connectivity index (χ2v) is 5.15. The lowest BCUT2D eigenvalue weighted by molar-refractivity contribution is 0.835. The summed E-state index contributed by atoms with van der Waals surface area (Å²) in [6, 6.07) is 12.5. The number of aryl methyl sites for hydroxylation is 1. The molecule has 0 aliphatic carbocycles. The summed E-state index contributed by atoms with van der Waals surface area (Å²) in [5.41, 5.74) is 1.72. The number of aromatic amines is 1. The quantitative estimate of drug-likeness (QED) is 0.754. The smallest absolute Gasteiger partial charge is 0.280 e. The zero-order valence-corrected chi connectivity index (χ0v) is 12.6. The number of aliphatic imine (C=N–C) groups is 1. The summed E-state index contributed by atoms with van der Waals surface area (Å²) in [6.07, 6.45) is 3.18. The average Bonchev–Trinajstić information content (AvgIpc) is 2.81. The molecule has 2 aromatic heterocycles. The molecule has 0 atom stereocenters. The SMILES string of the molecule is Cc1[nH]n(-c2cccc(Cl)c2)c(=O)c1C=Nc1ccccn1. The first-order valence-corrected chi connectivity index (χ1v) is 7.05. The molecule has 0 saturated heterocycles. The zero-order valence-electron chi connectivity index (χ0n) is 11.8. The van der Waals surface area contributed by atoms with Gasteiger partial charge in [0.15, 0.2) is 5.82 Å². The molecule has 0 unspecified atom stereocenters. The van der Waals surface area contributed by atoms with Crippen LogP contribution < -0.4 is 5.56 Å². The molecule has 0 fully saturated rings. The summed E-state index contributed by atoms with van der Waals surface area (Å²) in [5.74, 6) is 0.553. The van der Waals surface area contributed by atoms with E-state index in [1.54, 1.807) is 30.5 Å². The Kier molecular flexibility index (Phi) is 3.89. The normalized spacial score (nSPS) is 11.2. The zero-order chi connectivity index (χ0) is 15.5. The average molecular weight is 313 g/mol. The first-order valence-electron chi connectivity index (χ1n) is 6.68. The Morgan fingerprint density at radius 1 is 1.27 bits per heavy atom. The summed E-state index contributed by atoms with van der Waals surface area (Å²) in [7, 11) is 0. The van der Waals surface area contributed by atoms with Gasteiger partial charge in [-0.05, 0) is 37.3 Å². The number of aromatic nitrogens is 3. The van der Waals surface area contributed by atoms with E-state index in [1.807, 2.05) is 25.1 Å². The van der Waals surface area contributed by atoms with Crippen LogP contribution in [0.15, 0.2) is 58.4 Å². The standard InChI is InChI=1S/C16H13ClN4O/c1-11-14(10-19-15-7-2-3-8-18-15)16(22)21(20-11)13-6-4-5-12(17)9-13/h2-10,20H,1H3. The van der Waals surface area contributed by atoms with Gasteiger partial charge in [-0.15, -0.1) is 0 Å². The van der Waals surface area contributed by atoms with E-state index in [0.29, 0.717) is 22.1 Å². The van der Waals surface area contributed by atoms with Gasteiger partial charge in [-0.3, -0.25) is 9.89 Å².